The number of methoxy groups -OCH3 is 1. The third kappa shape index (κ3) is 4.76. The fourth-order valence-electron chi connectivity index (χ4n) is 1.27. The molecule has 0 aromatic rings. The molecule has 1 nitrogen and oxygen atoms in total. The van der Waals surface area contributed by atoms with E-state index in [1.807, 2.05) is 7.11 Å². The maximum absolute atomic E-state index is 5.33. The Bertz CT molecular complexity index is 93.2. The normalized spacial score (nSPS) is 16.5. The first-order chi connectivity index (χ1) is 5.61. The molecule has 2 unspecified atom stereocenters. The van der Waals surface area contributed by atoms with Crippen molar-refractivity contribution in [1.82, 2.24) is 0 Å². The van der Waals surface area contributed by atoms with Crippen molar-refractivity contribution in [3.63, 3.8) is 0 Å². The molecule has 0 spiro atoms. The number of rotatable bonds is 6. The van der Waals surface area contributed by atoms with Gasteiger partial charge in [0.25, 0.3) is 0 Å². The van der Waals surface area contributed by atoms with Gasteiger partial charge in [-0.25, -0.2) is 0 Å². The van der Waals surface area contributed by atoms with Crippen LogP contribution in [0.4, 0.5) is 0 Å². The summed E-state index contributed by atoms with van der Waals surface area (Å²) in [6, 6.07) is 0. The predicted molar refractivity (Wildman–Crippen MR) is 54.3 cm³/mol. The molecule has 0 aliphatic carbocycles. The predicted octanol–water partition coefficient (Wildman–Crippen LogP) is 3.48. The summed E-state index contributed by atoms with van der Waals surface area (Å²) in [5.41, 5.74) is 0. The Morgan fingerprint density at radius 3 is 2.00 bits per heavy atom. The minimum atomic E-state index is 0.478. The zero-order valence-electron chi connectivity index (χ0n) is 9.26. The van der Waals surface area contributed by atoms with Crippen molar-refractivity contribution in [3.05, 3.63) is 0 Å². The van der Waals surface area contributed by atoms with E-state index in [2.05, 4.69) is 27.7 Å². The quantitative estimate of drug-likeness (QED) is 0.596. The molecule has 0 aliphatic rings. The summed E-state index contributed by atoms with van der Waals surface area (Å²) in [4.78, 5) is 0. The Morgan fingerprint density at radius 2 is 1.67 bits per heavy atom. The fraction of sp³-hybridized carbons (Fsp3) is 1.00. The Morgan fingerprint density at radius 1 is 1.08 bits per heavy atom. The third-order valence-electron chi connectivity index (χ3n) is 2.87. The van der Waals surface area contributed by atoms with Crippen LogP contribution in [0.3, 0.4) is 0 Å². The van der Waals surface area contributed by atoms with Gasteiger partial charge in [0.1, 0.15) is 0 Å². The van der Waals surface area contributed by atoms with Gasteiger partial charge in [-0.1, -0.05) is 27.7 Å². The molecule has 0 bridgehead atoms. The molecule has 0 aliphatic heterocycles. The fourth-order valence-corrected chi connectivity index (χ4v) is 1.27. The molecule has 0 rings (SSSR count). The highest BCUT2D eigenvalue weighted by Crippen LogP contribution is 2.18. The SMILES string of the molecule is CCC(CCC(C)C(C)C)OC. The molecule has 0 N–H and O–H groups in total. The topological polar surface area (TPSA) is 9.23 Å². The van der Waals surface area contributed by atoms with Crippen molar-refractivity contribution in [2.24, 2.45) is 11.8 Å². The second-order valence-corrected chi connectivity index (χ2v) is 4.06. The number of ether oxygens (including phenoxy) is 1. The van der Waals surface area contributed by atoms with E-state index >= 15 is 0 Å². The summed E-state index contributed by atoms with van der Waals surface area (Å²) in [5, 5.41) is 0. The number of hydrogen-bond donors (Lipinski definition) is 0. The summed E-state index contributed by atoms with van der Waals surface area (Å²) >= 11 is 0. The summed E-state index contributed by atoms with van der Waals surface area (Å²) in [7, 11) is 1.81. The van der Waals surface area contributed by atoms with E-state index in [0.717, 1.165) is 18.3 Å². The van der Waals surface area contributed by atoms with Crippen LogP contribution < -0.4 is 0 Å². The number of hydrogen-bond acceptors (Lipinski definition) is 1. The molecule has 0 aromatic heterocycles. The molecule has 74 valence electrons. The van der Waals surface area contributed by atoms with Crippen molar-refractivity contribution < 1.29 is 4.74 Å². The maximum Gasteiger partial charge on any atom is 0.0568 e. The smallest absolute Gasteiger partial charge is 0.0568 e. The summed E-state index contributed by atoms with van der Waals surface area (Å²) in [6.07, 6.45) is 4.13. The van der Waals surface area contributed by atoms with Gasteiger partial charge < -0.3 is 4.74 Å². The summed E-state index contributed by atoms with van der Waals surface area (Å²) < 4.78 is 5.33. The van der Waals surface area contributed by atoms with Crippen molar-refractivity contribution in [1.29, 1.82) is 0 Å². The minimum absolute atomic E-state index is 0.478. The van der Waals surface area contributed by atoms with E-state index in [1.54, 1.807) is 0 Å². The second kappa shape index (κ2) is 6.47. The van der Waals surface area contributed by atoms with Gasteiger partial charge in [0, 0.05) is 7.11 Å². The molecule has 12 heavy (non-hydrogen) atoms. The zero-order valence-corrected chi connectivity index (χ0v) is 9.26. The monoisotopic (exact) mass is 172 g/mol. The molecule has 0 heterocycles. The molecular formula is C11H24O. The molecule has 0 saturated carbocycles. The Hall–Kier alpha value is -0.0400. The van der Waals surface area contributed by atoms with E-state index in [-0.39, 0.29) is 0 Å². The Balaban J connectivity index is 3.51. The molecule has 0 amide bonds. The van der Waals surface area contributed by atoms with Gasteiger partial charge in [-0.15, -0.1) is 0 Å². The maximum atomic E-state index is 5.33. The van der Waals surface area contributed by atoms with Gasteiger partial charge >= 0.3 is 0 Å². The van der Waals surface area contributed by atoms with E-state index in [4.69, 9.17) is 4.74 Å². The van der Waals surface area contributed by atoms with Crippen LogP contribution in [0.25, 0.3) is 0 Å². The second-order valence-electron chi connectivity index (χ2n) is 4.06. The first kappa shape index (κ1) is 12.0. The first-order valence-electron chi connectivity index (χ1n) is 5.14. The van der Waals surface area contributed by atoms with E-state index < -0.39 is 0 Å². The van der Waals surface area contributed by atoms with Crippen molar-refractivity contribution in [2.75, 3.05) is 7.11 Å². The lowest BCUT2D eigenvalue weighted by Crippen LogP contribution is -2.12. The van der Waals surface area contributed by atoms with Gasteiger partial charge in [0.15, 0.2) is 0 Å². The van der Waals surface area contributed by atoms with Crippen LogP contribution in [0.2, 0.25) is 0 Å². The van der Waals surface area contributed by atoms with E-state index in [0.29, 0.717) is 6.10 Å². The molecule has 1 heteroatoms. The van der Waals surface area contributed by atoms with Crippen LogP contribution in [-0.2, 0) is 4.74 Å². The van der Waals surface area contributed by atoms with Gasteiger partial charge in [-0.05, 0) is 31.1 Å². The highest BCUT2D eigenvalue weighted by atomic mass is 16.5. The van der Waals surface area contributed by atoms with Crippen molar-refractivity contribution in [2.45, 2.75) is 53.1 Å². The van der Waals surface area contributed by atoms with Crippen LogP contribution in [-0.4, -0.2) is 13.2 Å². The first-order valence-corrected chi connectivity index (χ1v) is 5.14. The lowest BCUT2D eigenvalue weighted by molar-refractivity contribution is 0.0845. The van der Waals surface area contributed by atoms with Crippen molar-refractivity contribution >= 4 is 0 Å². The van der Waals surface area contributed by atoms with E-state index in [9.17, 15) is 0 Å². The van der Waals surface area contributed by atoms with Crippen molar-refractivity contribution in [3.8, 4) is 0 Å². The standard InChI is InChI=1S/C11H24O/c1-6-11(12-5)8-7-10(4)9(2)3/h9-11H,6-8H2,1-5H3. The van der Waals surface area contributed by atoms with Crippen LogP contribution in [0, 0.1) is 11.8 Å². The van der Waals surface area contributed by atoms with E-state index in [1.165, 1.54) is 12.8 Å². The molecule has 2 atom stereocenters. The average Bonchev–Trinajstić information content (AvgIpc) is 2.05. The molecular weight excluding hydrogens is 148 g/mol. The van der Waals surface area contributed by atoms with Crippen LogP contribution in [0.5, 0.6) is 0 Å². The minimum Gasteiger partial charge on any atom is -0.381 e. The van der Waals surface area contributed by atoms with Crippen LogP contribution >= 0.6 is 0 Å². The van der Waals surface area contributed by atoms with Crippen LogP contribution in [0.15, 0.2) is 0 Å². The molecule has 0 saturated heterocycles. The lowest BCUT2D eigenvalue weighted by atomic mass is 9.92. The largest absolute Gasteiger partial charge is 0.381 e. The Labute approximate surface area is 77.5 Å². The molecule has 0 aromatic carbocycles. The lowest BCUT2D eigenvalue weighted by Gasteiger charge is -2.18. The van der Waals surface area contributed by atoms with Gasteiger partial charge in [0.05, 0.1) is 6.10 Å². The van der Waals surface area contributed by atoms with Gasteiger partial charge in [-0.2, -0.15) is 0 Å². The van der Waals surface area contributed by atoms with Crippen LogP contribution in [0.1, 0.15) is 47.0 Å². The summed E-state index contributed by atoms with van der Waals surface area (Å²) in [5.74, 6) is 1.63. The molecule has 0 radical (unpaired) electrons. The average molecular weight is 172 g/mol. The Kier molecular flexibility index (Phi) is 6.45. The molecule has 0 fully saturated rings. The van der Waals surface area contributed by atoms with Gasteiger partial charge in [-0.3, -0.25) is 0 Å². The summed E-state index contributed by atoms with van der Waals surface area (Å²) in [6.45, 7) is 9.10. The third-order valence-corrected chi connectivity index (χ3v) is 2.87. The van der Waals surface area contributed by atoms with Gasteiger partial charge in [0.2, 0.25) is 0 Å². The zero-order chi connectivity index (χ0) is 9.56. The highest BCUT2D eigenvalue weighted by molar-refractivity contribution is 4.61. The highest BCUT2D eigenvalue weighted by Gasteiger charge is 2.10.